The molecule has 1 amide bonds. The first-order valence-corrected chi connectivity index (χ1v) is 11.3. The van der Waals surface area contributed by atoms with Crippen molar-refractivity contribution in [3.63, 3.8) is 0 Å². The summed E-state index contributed by atoms with van der Waals surface area (Å²) < 4.78 is 23.1. The van der Waals surface area contributed by atoms with Crippen molar-refractivity contribution in [3.8, 4) is 5.69 Å². The summed E-state index contributed by atoms with van der Waals surface area (Å²) in [7, 11) is 3.51. The van der Waals surface area contributed by atoms with Crippen LogP contribution < -0.4 is 0 Å². The number of fused-ring (bicyclic) bond motifs is 1. The maximum Gasteiger partial charge on any atom is 0.260 e. The number of rotatable bonds is 4. The first-order valence-electron chi connectivity index (χ1n) is 10.9. The number of halogens is 2. The molecule has 1 fully saturated rings. The maximum absolute atomic E-state index is 15.5. The Hall–Kier alpha value is -3.30. The number of aryl methyl sites for hydroxylation is 2. The van der Waals surface area contributed by atoms with E-state index in [1.54, 1.807) is 43.2 Å². The molecule has 2 aromatic carbocycles. The summed E-state index contributed by atoms with van der Waals surface area (Å²) >= 11 is 6.19. The molecule has 2 aromatic heterocycles. The molecular weight excluding hydrogens is 459 g/mol. The van der Waals surface area contributed by atoms with Gasteiger partial charge in [-0.2, -0.15) is 15.0 Å². The molecule has 0 saturated carbocycles. The number of methoxy groups -OCH3 is 1. The average Bonchev–Trinajstić information content (AvgIpc) is 3.53. The van der Waals surface area contributed by atoms with Gasteiger partial charge in [0.25, 0.3) is 5.91 Å². The smallest absolute Gasteiger partial charge is 0.260 e. The fraction of sp³-hybridized carbons (Fsp3) is 0.333. The topological polar surface area (TPSA) is 78.1 Å². The zero-order valence-corrected chi connectivity index (χ0v) is 20.0. The minimum absolute atomic E-state index is 0.0824. The molecular formula is C24H24ClFN6O2. The normalized spacial score (nSPS) is 20.4. The molecule has 0 bridgehead atoms. The zero-order valence-electron chi connectivity index (χ0n) is 19.3. The molecule has 0 radical (unpaired) electrons. The van der Waals surface area contributed by atoms with E-state index in [9.17, 15) is 4.79 Å². The molecule has 34 heavy (non-hydrogen) atoms. The number of hydrogen-bond acceptors (Lipinski definition) is 5. The van der Waals surface area contributed by atoms with Gasteiger partial charge in [-0.05, 0) is 43.7 Å². The van der Waals surface area contributed by atoms with E-state index in [1.807, 2.05) is 24.6 Å². The Balaban J connectivity index is 1.67. The summed E-state index contributed by atoms with van der Waals surface area (Å²) in [5.41, 5.74) is 1.31. The molecule has 2 atom stereocenters. The van der Waals surface area contributed by atoms with Crippen molar-refractivity contribution in [2.24, 2.45) is 7.05 Å². The third-order valence-corrected chi connectivity index (χ3v) is 6.91. The second kappa shape index (κ2) is 8.18. The Labute approximate surface area is 200 Å². The third kappa shape index (κ3) is 3.38. The molecule has 1 saturated heterocycles. The first-order chi connectivity index (χ1) is 16.2. The van der Waals surface area contributed by atoms with Crippen LogP contribution in [0.3, 0.4) is 0 Å². The molecule has 0 spiro atoms. The predicted octanol–water partition coefficient (Wildman–Crippen LogP) is 4.03. The number of carbonyl (C=O) groups is 1. The van der Waals surface area contributed by atoms with E-state index in [2.05, 4.69) is 10.2 Å². The van der Waals surface area contributed by atoms with Crippen molar-refractivity contribution in [1.82, 2.24) is 29.4 Å². The molecule has 10 heteroatoms. The lowest BCUT2D eigenvalue weighted by molar-refractivity contribution is 0.0580. The Morgan fingerprint density at radius 3 is 2.68 bits per heavy atom. The van der Waals surface area contributed by atoms with E-state index in [0.717, 1.165) is 11.0 Å². The molecule has 4 aromatic rings. The predicted molar refractivity (Wildman–Crippen MR) is 126 cm³/mol. The van der Waals surface area contributed by atoms with E-state index in [1.165, 1.54) is 17.2 Å². The molecule has 176 valence electrons. The number of nitrogens with zero attached hydrogens (tertiary/aromatic N) is 6. The minimum Gasteiger partial charge on any atom is -0.380 e. The van der Waals surface area contributed by atoms with Gasteiger partial charge >= 0.3 is 0 Å². The lowest BCUT2D eigenvalue weighted by Crippen LogP contribution is -2.45. The number of carbonyl (C=O) groups excluding carboxylic acids is 1. The molecule has 1 aliphatic heterocycles. The van der Waals surface area contributed by atoms with Crippen LogP contribution in [0, 0.1) is 12.7 Å². The van der Waals surface area contributed by atoms with E-state index in [4.69, 9.17) is 21.3 Å². The van der Waals surface area contributed by atoms with Crippen molar-refractivity contribution >= 4 is 28.5 Å². The number of amides is 1. The Morgan fingerprint density at radius 1 is 1.24 bits per heavy atom. The molecule has 0 N–H and O–H groups in total. The number of hydrogen-bond donors (Lipinski definition) is 0. The van der Waals surface area contributed by atoms with Crippen LogP contribution >= 0.6 is 11.6 Å². The molecule has 1 unspecified atom stereocenters. The van der Waals surface area contributed by atoms with Crippen molar-refractivity contribution in [2.45, 2.75) is 31.9 Å². The lowest BCUT2D eigenvalue weighted by atomic mass is 9.95. The summed E-state index contributed by atoms with van der Waals surface area (Å²) in [6.07, 6.45) is 3.23. The molecule has 3 heterocycles. The SMILES string of the molecule is CO[C@H]1CN(C(=O)c2c(-n3nccn3)ccc(C)c2F)C(C)(c2nc3cc(Cl)ccc3n2C)C1. The van der Waals surface area contributed by atoms with Crippen molar-refractivity contribution in [2.75, 3.05) is 13.7 Å². The highest BCUT2D eigenvalue weighted by Gasteiger charge is 2.50. The van der Waals surface area contributed by atoms with Gasteiger partial charge in [0, 0.05) is 32.1 Å². The average molecular weight is 483 g/mol. The van der Waals surface area contributed by atoms with Crippen LogP contribution in [0.25, 0.3) is 16.7 Å². The largest absolute Gasteiger partial charge is 0.380 e. The fourth-order valence-electron chi connectivity index (χ4n) is 4.87. The van der Waals surface area contributed by atoms with Crippen LogP contribution in [-0.2, 0) is 17.3 Å². The summed E-state index contributed by atoms with van der Waals surface area (Å²) in [5, 5.41) is 8.81. The highest BCUT2D eigenvalue weighted by Crippen LogP contribution is 2.42. The van der Waals surface area contributed by atoms with Crippen molar-refractivity contribution in [3.05, 3.63) is 70.5 Å². The van der Waals surface area contributed by atoms with E-state index < -0.39 is 17.3 Å². The summed E-state index contributed by atoms with van der Waals surface area (Å²) in [6.45, 7) is 3.85. The van der Waals surface area contributed by atoms with Gasteiger partial charge in [0.1, 0.15) is 28.4 Å². The van der Waals surface area contributed by atoms with Crippen LogP contribution in [0.5, 0.6) is 0 Å². The highest BCUT2D eigenvalue weighted by atomic mass is 35.5. The number of aromatic nitrogens is 5. The van der Waals surface area contributed by atoms with Gasteiger partial charge in [0.15, 0.2) is 0 Å². The van der Waals surface area contributed by atoms with Gasteiger partial charge in [-0.3, -0.25) is 4.79 Å². The van der Waals surface area contributed by atoms with Crippen molar-refractivity contribution in [1.29, 1.82) is 0 Å². The monoisotopic (exact) mass is 482 g/mol. The Kier molecular flexibility index (Phi) is 5.41. The van der Waals surface area contributed by atoms with Gasteiger partial charge in [-0.25, -0.2) is 9.37 Å². The quantitative estimate of drug-likeness (QED) is 0.439. The number of benzene rings is 2. The van der Waals surface area contributed by atoms with Crippen LogP contribution in [0.4, 0.5) is 4.39 Å². The van der Waals surface area contributed by atoms with Crippen LogP contribution in [-0.4, -0.2) is 55.1 Å². The number of likely N-dealkylation sites (tertiary alicyclic amines) is 1. The molecule has 5 rings (SSSR count). The van der Waals surface area contributed by atoms with Crippen LogP contribution in [0.1, 0.15) is 35.1 Å². The van der Waals surface area contributed by atoms with E-state index >= 15 is 4.39 Å². The second-order valence-corrected chi connectivity index (χ2v) is 9.22. The molecule has 1 aliphatic rings. The molecule has 8 nitrogen and oxygen atoms in total. The number of ether oxygens (including phenoxy) is 1. The van der Waals surface area contributed by atoms with Gasteiger partial charge in [-0.15, -0.1) is 0 Å². The first kappa shape index (κ1) is 22.5. The van der Waals surface area contributed by atoms with Crippen LogP contribution in [0.2, 0.25) is 5.02 Å². The third-order valence-electron chi connectivity index (χ3n) is 6.67. The van der Waals surface area contributed by atoms with Crippen molar-refractivity contribution < 1.29 is 13.9 Å². The van der Waals surface area contributed by atoms with Crippen LogP contribution in [0.15, 0.2) is 42.7 Å². The van der Waals surface area contributed by atoms with Gasteiger partial charge in [0.05, 0.1) is 29.5 Å². The second-order valence-electron chi connectivity index (χ2n) is 8.79. The Morgan fingerprint density at radius 2 is 1.97 bits per heavy atom. The molecule has 0 aliphatic carbocycles. The van der Waals surface area contributed by atoms with Gasteiger partial charge < -0.3 is 14.2 Å². The van der Waals surface area contributed by atoms with Gasteiger partial charge in [-0.1, -0.05) is 17.7 Å². The number of imidazole rings is 1. The van der Waals surface area contributed by atoms with E-state index in [-0.39, 0.29) is 23.9 Å². The fourth-order valence-corrected chi connectivity index (χ4v) is 5.04. The Bertz CT molecular complexity index is 1400. The minimum atomic E-state index is -0.858. The van der Waals surface area contributed by atoms with E-state index in [0.29, 0.717) is 22.8 Å². The van der Waals surface area contributed by atoms with Gasteiger partial charge in [0.2, 0.25) is 0 Å². The maximum atomic E-state index is 15.5. The highest BCUT2D eigenvalue weighted by molar-refractivity contribution is 6.31. The summed E-state index contributed by atoms with van der Waals surface area (Å²) in [5.74, 6) is -0.398. The zero-order chi connectivity index (χ0) is 24.2. The summed E-state index contributed by atoms with van der Waals surface area (Å²) in [6, 6.07) is 8.76. The standard InChI is InChI=1S/C24H24ClFN6O2/c1-14-5-7-19(32-27-9-10-28-32)20(21(14)26)22(33)31-13-16(34-4)12-24(31,2)23-29-17-11-15(25)6-8-18(17)30(23)3/h5-11,16H,12-13H2,1-4H3/t16-,24?/m1/s1. The summed E-state index contributed by atoms with van der Waals surface area (Å²) in [4.78, 5) is 21.8. The lowest BCUT2D eigenvalue weighted by Gasteiger charge is -2.35.